The van der Waals surface area contributed by atoms with Gasteiger partial charge in [-0.25, -0.2) is 0 Å². The Hall–Kier alpha value is -0.160. The summed E-state index contributed by atoms with van der Waals surface area (Å²) in [6.07, 6.45) is 0. The van der Waals surface area contributed by atoms with E-state index in [2.05, 4.69) is 37.5 Å². The minimum atomic E-state index is 0.255. The Kier molecular flexibility index (Phi) is 5.18. The molecule has 0 aromatic rings. The Morgan fingerprint density at radius 3 is 1.81 bits per heavy atom. The predicted octanol–water partition coefficient (Wildman–Crippen LogP) is 0.0754. The molecule has 1 heterocycles. The van der Waals surface area contributed by atoms with Gasteiger partial charge in [-0.15, -0.1) is 0 Å². The molecule has 4 heteroatoms. The lowest BCUT2D eigenvalue weighted by molar-refractivity contribution is 0.0340. The van der Waals surface area contributed by atoms with E-state index in [-0.39, 0.29) is 12.1 Å². The molecule has 1 fully saturated rings. The fourth-order valence-electron chi connectivity index (χ4n) is 2.71. The van der Waals surface area contributed by atoms with Crippen LogP contribution < -0.4 is 11.5 Å². The Bertz CT molecular complexity index is 193. The van der Waals surface area contributed by atoms with Crippen molar-refractivity contribution in [1.82, 2.24) is 9.80 Å². The van der Waals surface area contributed by atoms with E-state index in [1.165, 1.54) is 0 Å². The van der Waals surface area contributed by atoms with Crippen molar-refractivity contribution < 1.29 is 0 Å². The second-order valence-corrected chi connectivity index (χ2v) is 5.57. The van der Waals surface area contributed by atoms with Crippen molar-refractivity contribution >= 4 is 0 Å². The predicted molar refractivity (Wildman–Crippen MR) is 69.4 cm³/mol. The fraction of sp³-hybridized carbons (Fsp3) is 1.00. The molecule has 0 aliphatic carbocycles. The number of hydrogen-bond acceptors (Lipinski definition) is 4. The van der Waals surface area contributed by atoms with Gasteiger partial charge in [-0.3, -0.25) is 9.80 Å². The van der Waals surface area contributed by atoms with Gasteiger partial charge in [0, 0.05) is 50.3 Å². The highest BCUT2D eigenvalue weighted by Gasteiger charge is 2.29. The first-order chi connectivity index (χ1) is 7.40. The molecule has 1 aliphatic rings. The average Bonchev–Trinajstić information content (AvgIpc) is 2.10. The number of rotatable bonds is 4. The molecular weight excluding hydrogens is 200 g/mol. The lowest BCUT2D eigenvalue weighted by Crippen LogP contribution is -2.59. The van der Waals surface area contributed by atoms with Crippen LogP contribution in [-0.4, -0.2) is 60.1 Å². The van der Waals surface area contributed by atoms with Crippen molar-refractivity contribution in [2.75, 3.05) is 26.2 Å². The highest BCUT2D eigenvalue weighted by Crippen LogP contribution is 2.15. The summed E-state index contributed by atoms with van der Waals surface area (Å²) in [4.78, 5) is 4.99. The summed E-state index contributed by atoms with van der Waals surface area (Å²) >= 11 is 0. The van der Waals surface area contributed by atoms with Gasteiger partial charge >= 0.3 is 0 Å². The van der Waals surface area contributed by atoms with Crippen LogP contribution in [0.5, 0.6) is 0 Å². The smallest absolute Gasteiger partial charge is 0.0198 e. The molecule has 1 rings (SSSR count). The molecule has 0 bridgehead atoms. The van der Waals surface area contributed by atoms with Gasteiger partial charge in [-0.2, -0.15) is 0 Å². The van der Waals surface area contributed by atoms with E-state index in [9.17, 15) is 0 Å². The maximum atomic E-state index is 5.89. The van der Waals surface area contributed by atoms with Gasteiger partial charge < -0.3 is 11.5 Å². The van der Waals surface area contributed by atoms with Crippen LogP contribution in [0.1, 0.15) is 27.7 Å². The van der Waals surface area contributed by atoms with Crippen LogP contribution in [0.25, 0.3) is 0 Å². The number of nitrogens with zero attached hydrogens (tertiary/aromatic N) is 2. The number of hydrogen-bond donors (Lipinski definition) is 2. The molecule has 96 valence electrons. The van der Waals surface area contributed by atoms with E-state index in [4.69, 9.17) is 11.5 Å². The standard InChI is InChI=1S/C12H28N4/c1-9(13)5-15-7-11(3)16(6-10(2)14)12(4)8-15/h9-12H,5-8,13-14H2,1-4H3. The van der Waals surface area contributed by atoms with Gasteiger partial charge in [0.25, 0.3) is 0 Å². The normalized spacial score (nSPS) is 32.6. The molecule has 4 atom stereocenters. The van der Waals surface area contributed by atoms with Crippen molar-refractivity contribution in [2.24, 2.45) is 11.5 Å². The van der Waals surface area contributed by atoms with Crippen LogP contribution in [0.4, 0.5) is 0 Å². The first kappa shape index (κ1) is 13.9. The van der Waals surface area contributed by atoms with Crippen molar-refractivity contribution in [1.29, 1.82) is 0 Å². The molecular formula is C12H28N4. The summed E-state index contributed by atoms with van der Waals surface area (Å²) < 4.78 is 0. The first-order valence-corrected chi connectivity index (χ1v) is 6.39. The molecule has 0 spiro atoms. The third-order valence-electron chi connectivity index (χ3n) is 3.22. The van der Waals surface area contributed by atoms with Crippen molar-refractivity contribution in [3.8, 4) is 0 Å². The molecule has 0 radical (unpaired) electrons. The van der Waals surface area contributed by atoms with Crippen LogP contribution in [0.15, 0.2) is 0 Å². The van der Waals surface area contributed by atoms with Gasteiger partial charge in [-0.05, 0) is 27.7 Å². The molecule has 0 aromatic carbocycles. The zero-order valence-corrected chi connectivity index (χ0v) is 11.2. The summed E-state index contributed by atoms with van der Waals surface area (Å²) in [6.45, 7) is 12.9. The molecule has 0 aromatic heterocycles. The van der Waals surface area contributed by atoms with E-state index in [1.54, 1.807) is 0 Å². The first-order valence-electron chi connectivity index (χ1n) is 6.39. The van der Waals surface area contributed by atoms with Gasteiger partial charge in [0.15, 0.2) is 0 Å². The summed E-state index contributed by atoms with van der Waals surface area (Å²) in [7, 11) is 0. The van der Waals surface area contributed by atoms with E-state index in [1.807, 2.05) is 0 Å². The quantitative estimate of drug-likeness (QED) is 0.715. The van der Waals surface area contributed by atoms with Gasteiger partial charge in [0.05, 0.1) is 0 Å². The molecule has 4 nitrogen and oxygen atoms in total. The molecule has 4 unspecified atom stereocenters. The molecule has 0 saturated carbocycles. The third-order valence-corrected chi connectivity index (χ3v) is 3.22. The summed E-state index contributed by atoms with van der Waals surface area (Å²) in [5.74, 6) is 0. The number of piperazine rings is 1. The summed E-state index contributed by atoms with van der Waals surface area (Å²) in [5.41, 5.74) is 11.7. The Balaban J connectivity index is 2.50. The lowest BCUT2D eigenvalue weighted by Gasteiger charge is -2.45. The van der Waals surface area contributed by atoms with Crippen LogP contribution >= 0.6 is 0 Å². The molecule has 1 saturated heterocycles. The maximum Gasteiger partial charge on any atom is 0.0198 e. The fourth-order valence-corrected chi connectivity index (χ4v) is 2.71. The largest absolute Gasteiger partial charge is 0.327 e. The van der Waals surface area contributed by atoms with Gasteiger partial charge in [0.2, 0.25) is 0 Å². The average molecular weight is 228 g/mol. The topological polar surface area (TPSA) is 58.5 Å². The summed E-state index contributed by atoms with van der Waals surface area (Å²) in [6, 6.07) is 1.67. The van der Waals surface area contributed by atoms with Gasteiger partial charge in [0.1, 0.15) is 0 Å². The molecule has 1 aliphatic heterocycles. The highest BCUT2D eigenvalue weighted by atomic mass is 15.3. The molecule has 4 N–H and O–H groups in total. The van der Waals surface area contributed by atoms with E-state index >= 15 is 0 Å². The van der Waals surface area contributed by atoms with E-state index in [0.29, 0.717) is 12.1 Å². The highest BCUT2D eigenvalue weighted by molar-refractivity contribution is 4.86. The van der Waals surface area contributed by atoms with Crippen LogP contribution in [0.2, 0.25) is 0 Å². The Morgan fingerprint density at radius 1 is 1.00 bits per heavy atom. The second-order valence-electron chi connectivity index (χ2n) is 5.57. The van der Waals surface area contributed by atoms with E-state index in [0.717, 1.165) is 26.2 Å². The van der Waals surface area contributed by atoms with Crippen LogP contribution in [0, 0.1) is 0 Å². The van der Waals surface area contributed by atoms with Crippen molar-refractivity contribution in [3.63, 3.8) is 0 Å². The zero-order chi connectivity index (χ0) is 12.3. The molecule has 16 heavy (non-hydrogen) atoms. The zero-order valence-electron chi connectivity index (χ0n) is 11.2. The SMILES string of the molecule is CC(N)CN1CC(C)N(CC(C)N)C(C)C1. The minimum Gasteiger partial charge on any atom is -0.327 e. The second kappa shape index (κ2) is 5.96. The molecule has 0 amide bonds. The Labute approximate surface area is 99.9 Å². The van der Waals surface area contributed by atoms with Crippen molar-refractivity contribution in [3.05, 3.63) is 0 Å². The third kappa shape index (κ3) is 4.01. The van der Waals surface area contributed by atoms with Crippen molar-refractivity contribution in [2.45, 2.75) is 51.9 Å². The minimum absolute atomic E-state index is 0.255. The maximum absolute atomic E-state index is 5.89. The monoisotopic (exact) mass is 228 g/mol. The van der Waals surface area contributed by atoms with Gasteiger partial charge in [-0.1, -0.05) is 0 Å². The van der Waals surface area contributed by atoms with E-state index < -0.39 is 0 Å². The number of nitrogens with two attached hydrogens (primary N) is 2. The van der Waals surface area contributed by atoms with Crippen LogP contribution in [-0.2, 0) is 0 Å². The summed E-state index contributed by atoms with van der Waals surface area (Å²) in [5, 5.41) is 0. The lowest BCUT2D eigenvalue weighted by atomic mass is 10.1. The van der Waals surface area contributed by atoms with Crippen LogP contribution in [0.3, 0.4) is 0 Å². The Morgan fingerprint density at radius 2 is 1.44 bits per heavy atom.